The monoisotopic (exact) mass is 240 g/mol. The van der Waals surface area contributed by atoms with E-state index in [0.717, 1.165) is 18.7 Å². The van der Waals surface area contributed by atoms with E-state index in [2.05, 4.69) is 9.97 Å². The number of aromatic nitrogens is 2. The van der Waals surface area contributed by atoms with E-state index in [1.165, 1.54) is 31.7 Å². The van der Waals surface area contributed by atoms with Crippen LogP contribution in [0.5, 0.6) is 0 Å². The average molecular weight is 241 g/mol. The molecule has 16 heavy (non-hydrogen) atoms. The summed E-state index contributed by atoms with van der Waals surface area (Å²) in [5, 5.41) is 0. The van der Waals surface area contributed by atoms with E-state index >= 15 is 0 Å². The van der Waals surface area contributed by atoms with Gasteiger partial charge in [0.1, 0.15) is 5.82 Å². The lowest BCUT2D eigenvalue weighted by molar-refractivity contribution is 0.556. The molecule has 0 spiro atoms. The number of H-pyrrole nitrogens is 1. The maximum atomic E-state index is 11.4. The molecule has 1 aromatic rings. The lowest BCUT2D eigenvalue weighted by Crippen LogP contribution is -2.15. The maximum Gasteiger partial charge on any atom is 0.251 e. The molecule has 88 valence electrons. The normalized spacial score (nSPS) is 18.3. The molecule has 0 bridgehead atoms. The van der Waals surface area contributed by atoms with Crippen molar-refractivity contribution in [3.63, 3.8) is 0 Å². The maximum absolute atomic E-state index is 11.4. The van der Waals surface area contributed by atoms with Crippen molar-refractivity contribution in [3.8, 4) is 0 Å². The van der Waals surface area contributed by atoms with Crippen molar-refractivity contribution in [1.29, 1.82) is 0 Å². The molecule has 0 saturated heterocycles. The third kappa shape index (κ3) is 2.85. The van der Waals surface area contributed by atoms with Crippen LogP contribution >= 0.6 is 11.6 Å². The highest BCUT2D eigenvalue weighted by atomic mass is 35.5. The Hall–Kier alpha value is -0.830. The van der Waals surface area contributed by atoms with E-state index in [1.54, 1.807) is 0 Å². The third-order valence-electron chi connectivity index (χ3n) is 3.19. The van der Waals surface area contributed by atoms with Gasteiger partial charge in [0.05, 0.1) is 11.6 Å². The van der Waals surface area contributed by atoms with Crippen LogP contribution in [0.3, 0.4) is 0 Å². The molecule has 0 atom stereocenters. The topological polar surface area (TPSA) is 45.8 Å². The summed E-state index contributed by atoms with van der Waals surface area (Å²) in [6.07, 6.45) is 7.34. The number of alkyl halides is 1. The zero-order valence-corrected chi connectivity index (χ0v) is 10.1. The summed E-state index contributed by atoms with van der Waals surface area (Å²) in [6, 6.07) is 1.48. The third-order valence-corrected chi connectivity index (χ3v) is 3.47. The number of aromatic amines is 1. The van der Waals surface area contributed by atoms with Crippen molar-refractivity contribution in [2.24, 2.45) is 0 Å². The van der Waals surface area contributed by atoms with Crippen molar-refractivity contribution < 1.29 is 0 Å². The summed E-state index contributed by atoms with van der Waals surface area (Å²) in [5.41, 5.74) is 0.606. The summed E-state index contributed by atoms with van der Waals surface area (Å²) in [5.74, 6) is 1.56. The van der Waals surface area contributed by atoms with Crippen LogP contribution in [-0.4, -0.2) is 9.97 Å². The minimum atomic E-state index is -0.0788. The zero-order valence-electron chi connectivity index (χ0n) is 9.34. The van der Waals surface area contributed by atoms with E-state index in [9.17, 15) is 4.79 Å². The van der Waals surface area contributed by atoms with Crippen molar-refractivity contribution in [2.45, 2.75) is 50.3 Å². The summed E-state index contributed by atoms with van der Waals surface area (Å²) in [4.78, 5) is 18.7. The fraction of sp³-hybridized carbons (Fsp3) is 0.667. The van der Waals surface area contributed by atoms with Gasteiger partial charge in [-0.25, -0.2) is 4.98 Å². The van der Waals surface area contributed by atoms with Gasteiger partial charge in [0.15, 0.2) is 0 Å². The number of nitrogens with one attached hydrogen (secondary N) is 1. The fourth-order valence-electron chi connectivity index (χ4n) is 2.34. The number of nitrogens with zero attached hydrogens (tertiary/aromatic N) is 1. The van der Waals surface area contributed by atoms with Crippen molar-refractivity contribution in [3.05, 3.63) is 27.9 Å². The zero-order chi connectivity index (χ0) is 11.4. The van der Waals surface area contributed by atoms with Gasteiger partial charge in [-0.1, -0.05) is 25.7 Å². The van der Waals surface area contributed by atoms with Crippen molar-refractivity contribution in [1.82, 2.24) is 9.97 Å². The molecule has 0 aromatic carbocycles. The van der Waals surface area contributed by atoms with Gasteiger partial charge in [-0.15, -0.1) is 11.6 Å². The molecule has 1 fully saturated rings. The second kappa shape index (κ2) is 5.48. The minimum absolute atomic E-state index is 0.0788. The van der Waals surface area contributed by atoms with Crippen molar-refractivity contribution >= 4 is 11.6 Å². The molecular weight excluding hydrogens is 224 g/mol. The Kier molecular flexibility index (Phi) is 3.99. The van der Waals surface area contributed by atoms with Gasteiger partial charge in [-0.05, 0) is 12.8 Å². The Morgan fingerprint density at radius 2 is 2.00 bits per heavy atom. The SMILES string of the molecule is O=c1cc(CCl)nc(C2CCCCCC2)[nH]1. The van der Waals surface area contributed by atoms with E-state index in [-0.39, 0.29) is 5.56 Å². The van der Waals surface area contributed by atoms with Crippen LogP contribution < -0.4 is 5.56 Å². The van der Waals surface area contributed by atoms with Crippen LogP contribution in [0, 0.1) is 0 Å². The summed E-state index contributed by atoms with van der Waals surface area (Å²) >= 11 is 5.73. The highest BCUT2D eigenvalue weighted by Gasteiger charge is 2.17. The van der Waals surface area contributed by atoms with E-state index in [1.807, 2.05) is 0 Å². The smallest absolute Gasteiger partial charge is 0.251 e. The quantitative estimate of drug-likeness (QED) is 0.638. The molecule has 2 rings (SSSR count). The van der Waals surface area contributed by atoms with E-state index < -0.39 is 0 Å². The number of hydrogen-bond acceptors (Lipinski definition) is 2. The molecule has 0 amide bonds. The van der Waals surface area contributed by atoms with Gasteiger partial charge in [0, 0.05) is 12.0 Å². The lowest BCUT2D eigenvalue weighted by Gasteiger charge is -2.13. The summed E-state index contributed by atoms with van der Waals surface area (Å²) in [6.45, 7) is 0. The average Bonchev–Trinajstić information content (AvgIpc) is 2.56. The Balaban J connectivity index is 2.23. The minimum Gasteiger partial charge on any atom is -0.310 e. The highest BCUT2D eigenvalue weighted by Crippen LogP contribution is 2.29. The molecule has 1 saturated carbocycles. The van der Waals surface area contributed by atoms with Crippen LogP contribution in [0.4, 0.5) is 0 Å². The molecule has 4 heteroatoms. The molecule has 1 aromatic heterocycles. The number of rotatable bonds is 2. The van der Waals surface area contributed by atoms with Gasteiger partial charge < -0.3 is 4.98 Å². The summed E-state index contributed by atoms with van der Waals surface area (Å²) in [7, 11) is 0. The molecule has 1 aliphatic carbocycles. The highest BCUT2D eigenvalue weighted by molar-refractivity contribution is 6.16. The Morgan fingerprint density at radius 3 is 2.62 bits per heavy atom. The Bertz CT molecular complexity index is 394. The van der Waals surface area contributed by atoms with Crippen LogP contribution in [0.25, 0.3) is 0 Å². The fourth-order valence-corrected chi connectivity index (χ4v) is 2.48. The molecule has 0 radical (unpaired) electrons. The summed E-state index contributed by atoms with van der Waals surface area (Å²) < 4.78 is 0. The van der Waals surface area contributed by atoms with Gasteiger partial charge in [-0.2, -0.15) is 0 Å². The molecule has 0 aliphatic heterocycles. The van der Waals surface area contributed by atoms with E-state index in [0.29, 0.717) is 17.5 Å². The van der Waals surface area contributed by atoms with Crippen LogP contribution in [0.1, 0.15) is 56.0 Å². The molecule has 1 N–H and O–H groups in total. The first-order valence-corrected chi connectivity index (χ1v) is 6.49. The predicted octanol–water partition coefficient (Wildman–Crippen LogP) is 2.95. The lowest BCUT2D eigenvalue weighted by atomic mass is 9.99. The van der Waals surface area contributed by atoms with Crippen molar-refractivity contribution in [2.75, 3.05) is 0 Å². The van der Waals surface area contributed by atoms with Gasteiger partial charge in [0.25, 0.3) is 5.56 Å². The van der Waals surface area contributed by atoms with E-state index in [4.69, 9.17) is 11.6 Å². The Labute approximate surface area is 100 Å². The van der Waals surface area contributed by atoms with Crippen LogP contribution in [0.2, 0.25) is 0 Å². The second-order valence-corrected chi connectivity index (χ2v) is 4.71. The van der Waals surface area contributed by atoms with Crippen LogP contribution in [0.15, 0.2) is 10.9 Å². The Morgan fingerprint density at radius 1 is 1.31 bits per heavy atom. The molecule has 1 aliphatic rings. The first kappa shape index (κ1) is 11.6. The van der Waals surface area contributed by atoms with Gasteiger partial charge in [-0.3, -0.25) is 4.79 Å². The second-order valence-electron chi connectivity index (χ2n) is 4.44. The molecular formula is C12H17ClN2O. The van der Waals surface area contributed by atoms with Gasteiger partial charge in [0.2, 0.25) is 0 Å². The molecule has 1 heterocycles. The first-order valence-electron chi connectivity index (χ1n) is 5.95. The first-order chi connectivity index (χ1) is 7.79. The standard InChI is InChI=1S/C12H17ClN2O/c13-8-10-7-11(16)15-12(14-10)9-5-3-1-2-4-6-9/h7,9H,1-6,8H2,(H,14,15,16). The van der Waals surface area contributed by atoms with Gasteiger partial charge >= 0.3 is 0 Å². The van der Waals surface area contributed by atoms with Crippen LogP contribution in [-0.2, 0) is 5.88 Å². The number of hydrogen-bond donors (Lipinski definition) is 1. The largest absolute Gasteiger partial charge is 0.310 e. The predicted molar refractivity (Wildman–Crippen MR) is 64.9 cm³/mol. The number of halogens is 1. The molecule has 3 nitrogen and oxygen atoms in total. The molecule has 0 unspecified atom stereocenters.